The van der Waals surface area contributed by atoms with Gasteiger partial charge in [-0.3, -0.25) is 4.79 Å². The second kappa shape index (κ2) is 8.19. The molecule has 4 N–H and O–H groups in total. The van der Waals surface area contributed by atoms with Gasteiger partial charge in [0.15, 0.2) is 6.29 Å². The Morgan fingerprint density at radius 1 is 1.41 bits per heavy atom. The van der Waals surface area contributed by atoms with Gasteiger partial charge in [-0.05, 0) is 19.9 Å². The maximum absolute atomic E-state index is 10.9. The first-order chi connectivity index (χ1) is 7.86. The molecule has 0 spiro atoms. The summed E-state index contributed by atoms with van der Waals surface area (Å²) >= 11 is 0. The van der Waals surface area contributed by atoms with E-state index in [1.54, 1.807) is 13.8 Å². The first kappa shape index (κ1) is 16.1. The van der Waals surface area contributed by atoms with Crippen LogP contribution < -0.4 is 5.32 Å². The molecule has 0 bridgehead atoms. The standard InChI is InChI=1S/C11H21NO5/c1-7(2)17-11(16)10(12-8(3)14)6-9(15)4-5-13/h6-7,9,11,13,15-16H,4-5H2,1-3H3,(H,12,14)/b10-6-/t9-,11-/m1/s1. The van der Waals surface area contributed by atoms with E-state index in [9.17, 15) is 15.0 Å². The molecule has 6 heteroatoms. The van der Waals surface area contributed by atoms with Crippen molar-refractivity contribution < 1.29 is 24.9 Å². The van der Waals surface area contributed by atoms with Gasteiger partial charge in [-0.2, -0.15) is 0 Å². The van der Waals surface area contributed by atoms with Gasteiger partial charge in [0.05, 0.1) is 17.9 Å². The Labute approximate surface area is 101 Å². The Hall–Kier alpha value is -0.950. The van der Waals surface area contributed by atoms with Gasteiger partial charge in [-0.1, -0.05) is 0 Å². The zero-order valence-corrected chi connectivity index (χ0v) is 10.4. The molecule has 0 radical (unpaired) electrons. The quantitative estimate of drug-likeness (QED) is 0.454. The summed E-state index contributed by atoms with van der Waals surface area (Å²) in [5.41, 5.74) is 0.0761. The highest BCUT2D eigenvalue weighted by Gasteiger charge is 2.16. The molecule has 0 aromatic heterocycles. The molecule has 0 unspecified atom stereocenters. The fourth-order valence-electron chi connectivity index (χ4n) is 1.14. The fourth-order valence-corrected chi connectivity index (χ4v) is 1.14. The second-order valence-electron chi connectivity index (χ2n) is 3.92. The Kier molecular flexibility index (Phi) is 7.73. The number of hydrogen-bond acceptors (Lipinski definition) is 5. The van der Waals surface area contributed by atoms with E-state index < -0.39 is 12.4 Å². The third-order valence-corrected chi connectivity index (χ3v) is 1.78. The maximum atomic E-state index is 10.9. The smallest absolute Gasteiger partial charge is 0.221 e. The van der Waals surface area contributed by atoms with Crippen LogP contribution in [0.1, 0.15) is 27.2 Å². The van der Waals surface area contributed by atoms with E-state index in [1.165, 1.54) is 13.0 Å². The van der Waals surface area contributed by atoms with Crippen LogP contribution in [-0.2, 0) is 9.53 Å². The third-order valence-electron chi connectivity index (χ3n) is 1.78. The van der Waals surface area contributed by atoms with Crippen molar-refractivity contribution in [2.24, 2.45) is 0 Å². The molecule has 0 aromatic carbocycles. The Bertz CT molecular complexity index is 265. The van der Waals surface area contributed by atoms with Crippen LogP contribution in [0.5, 0.6) is 0 Å². The Balaban J connectivity index is 4.66. The van der Waals surface area contributed by atoms with Crippen molar-refractivity contribution in [2.75, 3.05) is 6.61 Å². The summed E-state index contributed by atoms with van der Waals surface area (Å²) in [4.78, 5) is 10.9. The van der Waals surface area contributed by atoms with Gasteiger partial charge in [-0.15, -0.1) is 0 Å². The van der Waals surface area contributed by atoms with Crippen LogP contribution in [-0.4, -0.2) is 46.3 Å². The molecule has 17 heavy (non-hydrogen) atoms. The largest absolute Gasteiger partial charge is 0.396 e. The van der Waals surface area contributed by atoms with Crippen LogP contribution in [0, 0.1) is 0 Å². The van der Waals surface area contributed by atoms with Gasteiger partial charge in [0.25, 0.3) is 0 Å². The zero-order chi connectivity index (χ0) is 13.4. The van der Waals surface area contributed by atoms with Crippen molar-refractivity contribution in [1.82, 2.24) is 5.32 Å². The average molecular weight is 247 g/mol. The highest BCUT2D eigenvalue weighted by molar-refractivity contribution is 5.75. The minimum absolute atomic E-state index is 0.0761. The topological polar surface area (TPSA) is 99.0 Å². The molecule has 0 saturated heterocycles. The van der Waals surface area contributed by atoms with Crippen LogP contribution in [0.4, 0.5) is 0 Å². The van der Waals surface area contributed by atoms with Crippen LogP contribution >= 0.6 is 0 Å². The summed E-state index contributed by atoms with van der Waals surface area (Å²) in [6.45, 7) is 4.57. The van der Waals surface area contributed by atoms with Crippen molar-refractivity contribution in [3.63, 3.8) is 0 Å². The monoisotopic (exact) mass is 247 g/mol. The van der Waals surface area contributed by atoms with Crippen LogP contribution in [0.2, 0.25) is 0 Å². The molecule has 6 nitrogen and oxygen atoms in total. The molecule has 0 saturated carbocycles. The van der Waals surface area contributed by atoms with E-state index in [0.717, 1.165) is 0 Å². The summed E-state index contributed by atoms with van der Waals surface area (Å²) in [6.07, 6.45) is -1.11. The molecular weight excluding hydrogens is 226 g/mol. The van der Waals surface area contributed by atoms with E-state index >= 15 is 0 Å². The van der Waals surface area contributed by atoms with Gasteiger partial charge in [0, 0.05) is 20.0 Å². The van der Waals surface area contributed by atoms with Gasteiger partial charge in [0.1, 0.15) is 0 Å². The van der Waals surface area contributed by atoms with Crippen molar-refractivity contribution in [1.29, 1.82) is 0 Å². The molecule has 0 fully saturated rings. The van der Waals surface area contributed by atoms with E-state index in [0.29, 0.717) is 0 Å². The first-order valence-electron chi connectivity index (χ1n) is 5.48. The lowest BCUT2D eigenvalue weighted by Crippen LogP contribution is -2.32. The summed E-state index contributed by atoms with van der Waals surface area (Å²) in [7, 11) is 0. The van der Waals surface area contributed by atoms with Crippen molar-refractivity contribution >= 4 is 5.91 Å². The van der Waals surface area contributed by atoms with Crippen LogP contribution in [0.3, 0.4) is 0 Å². The number of rotatable bonds is 7. The molecule has 0 heterocycles. The van der Waals surface area contributed by atoms with Gasteiger partial charge in [0.2, 0.25) is 5.91 Å². The van der Waals surface area contributed by atoms with Crippen molar-refractivity contribution in [3.8, 4) is 0 Å². The summed E-state index contributed by atoms with van der Waals surface area (Å²) in [5.74, 6) is -0.376. The van der Waals surface area contributed by atoms with E-state index in [-0.39, 0.29) is 30.7 Å². The zero-order valence-electron chi connectivity index (χ0n) is 10.4. The van der Waals surface area contributed by atoms with Crippen LogP contribution in [0.25, 0.3) is 0 Å². The summed E-state index contributed by atoms with van der Waals surface area (Å²) < 4.78 is 5.09. The predicted octanol–water partition coefficient (Wildman–Crippen LogP) is -0.507. The molecule has 1 amide bonds. The number of hydrogen-bond donors (Lipinski definition) is 4. The highest BCUT2D eigenvalue weighted by Crippen LogP contribution is 2.07. The third kappa shape index (κ3) is 7.87. The van der Waals surface area contributed by atoms with Crippen molar-refractivity contribution in [3.05, 3.63) is 11.8 Å². The number of carbonyl (C=O) groups is 1. The van der Waals surface area contributed by atoms with Gasteiger partial charge < -0.3 is 25.4 Å². The number of aliphatic hydroxyl groups excluding tert-OH is 3. The lowest BCUT2D eigenvalue weighted by molar-refractivity contribution is -0.124. The number of amides is 1. The fraction of sp³-hybridized carbons (Fsp3) is 0.727. The molecule has 0 aliphatic rings. The number of ether oxygens (including phenoxy) is 1. The lowest BCUT2D eigenvalue weighted by Gasteiger charge is -2.19. The summed E-state index contributed by atoms with van der Waals surface area (Å²) in [6, 6.07) is 0. The minimum Gasteiger partial charge on any atom is -0.396 e. The Morgan fingerprint density at radius 2 is 2.00 bits per heavy atom. The maximum Gasteiger partial charge on any atom is 0.221 e. The summed E-state index contributed by atoms with van der Waals surface area (Å²) in [5, 5.41) is 30.2. The normalized spacial score (nSPS) is 15.8. The van der Waals surface area contributed by atoms with Gasteiger partial charge >= 0.3 is 0 Å². The SMILES string of the molecule is CC(=O)N/C(=C\[C@H](O)CCO)[C@H](O)OC(C)C. The molecular formula is C11H21NO5. The minimum atomic E-state index is -1.31. The molecule has 0 aliphatic carbocycles. The van der Waals surface area contributed by atoms with Crippen molar-refractivity contribution in [2.45, 2.75) is 45.7 Å². The van der Waals surface area contributed by atoms with Gasteiger partial charge in [-0.25, -0.2) is 0 Å². The average Bonchev–Trinajstić information content (AvgIpc) is 2.15. The predicted molar refractivity (Wildman–Crippen MR) is 61.8 cm³/mol. The second-order valence-corrected chi connectivity index (χ2v) is 3.92. The molecule has 2 atom stereocenters. The van der Waals surface area contributed by atoms with Crippen LogP contribution in [0.15, 0.2) is 11.8 Å². The Morgan fingerprint density at radius 3 is 2.41 bits per heavy atom. The van der Waals surface area contributed by atoms with E-state index in [1.807, 2.05) is 0 Å². The lowest BCUT2D eigenvalue weighted by atomic mass is 10.2. The molecule has 100 valence electrons. The molecule has 0 aliphatic heterocycles. The highest BCUT2D eigenvalue weighted by atomic mass is 16.6. The number of aliphatic hydroxyl groups is 3. The number of nitrogens with one attached hydrogen (secondary N) is 1. The molecule has 0 rings (SSSR count). The van der Waals surface area contributed by atoms with E-state index in [2.05, 4.69) is 5.32 Å². The first-order valence-corrected chi connectivity index (χ1v) is 5.48. The number of carbonyl (C=O) groups excluding carboxylic acids is 1. The van der Waals surface area contributed by atoms with E-state index in [4.69, 9.17) is 9.84 Å². The molecule has 0 aromatic rings.